The first-order chi connectivity index (χ1) is 16.0. The Balaban J connectivity index is 1.28. The van der Waals surface area contributed by atoms with E-state index in [1.165, 1.54) is 0 Å². The van der Waals surface area contributed by atoms with Gasteiger partial charge in [0.25, 0.3) is 0 Å². The molecule has 1 atom stereocenters. The van der Waals surface area contributed by atoms with Gasteiger partial charge in [-0.1, -0.05) is 6.07 Å². The Morgan fingerprint density at radius 2 is 2.12 bits per heavy atom. The zero-order valence-electron chi connectivity index (χ0n) is 18.7. The maximum atomic E-state index is 10.5. The van der Waals surface area contributed by atoms with Crippen molar-refractivity contribution in [2.75, 3.05) is 30.8 Å². The van der Waals surface area contributed by atoms with Crippen molar-refractivity contribution < 1.29 is 9.84 Å². The van der Waals surface area contributed by atoms with Crippen LogP contribution in [0.15, 0.2) is 30.6 Å². The van der Waals surface area contributed by atoms with E-state index < -0.39 is 5.60 Å². The van der Waals surface area contributed by atoms with Crippen LogP contribution >= 0.6 is 0 Å². The lowest BCUT2D eigenvalue weighted by Crippen LogP contribution is -2.41. The van der Waals surface area contributed by atoms with Gasteiger partial charge in [0.15, 0.2) is 11.5 Å². The van der Waals surface area contributed by atoms with E-state index in [0.717, 1.165) is 62.1 Å². The third kappa shape index (κ3) is 3.45. The molecule has 0 unspecified atom stereocenters. The largest absolute Gasteiger partial charge is 0.494 e. The van der Waals surface area contributed by atoms with Crippen molar-refractivity contribution in [3.63, 3.8) is 0 Å². The van der Waals surface area contributed by atoms with Crippen LogP contribution in [0.25, 0.3) is 16.6 Å². The highest BCUT2D eigenvalue weighted by Crippen LogP contribution is 2.34. The smallest absolute Gasteiger partial charge is 0.223 e. The molecule has 0 amide bonds. The summed E-state index contributed by atoms with van der Waals surface area (Å²) in [5, 5.41) is 20.6. The molecule has 0 spiro atoms. The van der Waals surface area contributed by atoms with Crippen molar-refractivity contribution in [1.29, 1.82) is 0 Å². The topological polar surface area (TPSA) is 120 Å². The molecule has 33 heavy (non-hydrogen) atoms. The van der Waals surface area contributed by atoms with Gasteiger partial charge in [-0.05, 0) is 44.2 Å². The number of hydrogen-bond donors (Lipinski definition) is 2. The van der Waals surface area contributed by atoms with Crippen LogP contribution in [-0.2, 0) is 6.54 Å². The molecule has 172 valence electrons. The summed E-state index contributed by atoms with van der Waals surface area (Å²) in [6, 6.07) is 5.76. The number of anilines is 2. The van der Waals surface area contributed by atoms with E-state index in [0.29, 0.717) is 29.4 Å². The van der Waals surface area contributed by atoms with Gasteiger partial charge in [0, 0.05) is 30.6 Å². The Morgan fingerprint density at radius 3 is 2.91 bits per heavy atom. The van der Waals surface area contributed by atoms with Crippen LogP contribution in [0.4, 0.5) is 11.6 Å². The summed E-state index contributed by atoms with van der Waals surface area (Å²) in [6.07, 6.45) is 8.78. The third-order valence-electron chi connectivity index (χ3n) is 7.04. The summed E-state index contributed by atoms with van der Waals surface area (Å²) in [5.74, 6) is 1.92. The van der Waals surface area contributed by atoms with E-state index in [1.54, 1.807) is 11.6 Å². The van der Waals surface area contributed by atoms with Gasteiger partial charge in [-0.3, -0.25) is 4.68 Å². The molecule has 4 aromatic rings. The fourth-order valence-corrected chi connectivity index (χ4v) is 5.05. The first kappa shape index (κ1) is 20.2. The number of rotatable bonds is 5. The number of ether oxygens (including phenoxy) is 1. The van der Waals surface area contributed by atoms with Crippen LogP contribution < -0.4 is 15.4 Å². The second-order valence-corrected chi connectivity index (χ2v) is 9.29. The minimum atomic E-state index is -0.590. The molecule has 1 aromatic carbocycles. The summed E-state index contributed by atoms with van der Waals surface area (Å²) in [5.41, 5.74) is 8.10. The zero-order valence-corrected chi connectivity index (χ0v) is 18.7. The van der Waals surface area contributed by atoms with Gasteiger partial charge in [0.2, 0.25) is 5.95 Å². The highest BCUT2D eigenvalue weighted by molar-refractivity contribution is 5.95. The van der Waals surface area contributed by atoms with E-state index in [2.05, 4.69) is 15.0 Å². The number of hydrogen-bond acceptors (Lipinski definition) is 8. The SMILES string of the molecule is COc1cccc2c1nc(N)n1nc([C@@H]3CCCN(c4cnn(CC5(O)CCC5)c4)C3)nc21. The predicted molar refractivity (Wildman–Crippen MR) is 124 cm³/mol. The molecule has 6 rings (SSSR count). The van der Waals surface area contributed by atoms with E-state index in [9.17, 15) is 5.11 Å². The van der Waals surface area contributed by atoms with E-state index >= 15 is 0 Å². The average Bonchev–Trinajstić information content (AvgIpc) is 3.46. The maximum absolute atomic E-state index is 10.5. The summed E-state index contributed by atoms with van der Waals surface area (Å²) < 4.78 is 8.96. The Kier molecular flexibility index (Phi) is 4.65. The monoisotopic (exact) mass is 448 g/mol. The quantitative estimate of drug-likeness (QED) is 0.478. The number of para-hydroxylation sites is 1. The molecule has 4 heterocycles. The molecule has 1 aliphatic carbocycles. The van der Waals surface area contributed by atoms with Crippen LogP contribution in [0.2, 0.25) is 0 Å². The summed E-state index contributed by atoms with van der Waals surface area (Å²) in [4.78, 5) is 11.7. The lowest BCUT2D eigenvalue weighted by Gasteiger charge is -2.36. The summed E-state index contributed by atoms with van der Waals surface area (Å²) in [7, 11) is 1.62. The summed E-state index contributed by atoms with van der Waals surface area (Å²) >= 11 is 0. The van der Waals surface area contributed by atoms with E-state index in [4.69, 9.17) is 20.6 Å². The molecular formula is C23H28N8O2. The molecular weight excluding hydrogens is 420 g/mol. The number of nitrogens with two attached hydrogens (primary N) is 1. The van der Waals surface area contributed by atoms with Gasteiger partial charge in [-0.25, -0.2) is 9.97 Å². The number of nitrogens with zero attached hydrogens (tertiary/aromatic N) is 7. The van der Waals surface area contributed by atoms with Gasteiger partial charge in [0.1, 0.15) is 11.3 Å². The van der Waals surface area contributed by atoms with Crippen LogP contribution in [0, 0.1) is 0 Å². The fourth-order valence-electron chi connectivity index (χ4n) is 5.05. The molecule has 3 aromatic heterocycles. The van der Waals surface area contributed by atoms with Crippen LogP contribution in [-0.4, -0.2) is 60.3 Å². The van der Waals surface area contributed by atoms with E-state index in [-0.39, 0.29) is 5.92 Å². The molecule has 1 saturated heterocycles. The zero-order chi connectivity index (χ0) is 22.6. The Morgan fingerprint density at radius 1 is 1.24 bits per heavy atom. The molecule has 3 N–H and O–H groups in total. The lowest BCUT2D eigenvalue weighted by molar-refractivity contribution is -0.0498. The minimum Gasteiger partial charge on any atom is -0.494 e. The van der Waals surface area contributed by atoms with Gasteiger partial charge in [-0.15, -0.1) is 5.10 Å². The molecule has 0 bridgehead atoms. The number of piperidine rings is 1. The standard InChI is InChI=1S/C23H28N8O2/c1-33-18-7-2-6-17-19(18)26-22(24)31-21(17)27-20(28-31)15-5-3-10-29(12-15)16-11-25-30(13-16)14-23(32)8-4-9-23/h2,6-7,11,13,15,32H,3-5,8-10,12,14H2,1H3,(H2,24,26)/t15-/m1/s1. The number of methoxy groups -OCH3 is 1. The number of aliphatic hydroxyl groups is 1. The highest BCUT2D eigenvalue weighted by atomic mass is 16.5. The molecule has 2 aliphatic rings. The number of benzene rings is 1. The third-order valence-corrected chi connectivity index (χ3v) is 7.04. The second kappa shape index (κ2) is 7.58. The normalized spacial score (nSPS) is 20.3. The Hall–Kier alpha value is -3.40. The van der Waals surface area contributed by atoms with Gasteiger partial charge in [0.05, 0.1) is 31.1 Å². The van der Waals surface area contributed by atoms with Crippen LogP contribution in [0.3, 0.4) is 0 Å². The van der Waals surface area contributed by atoms with Crippen molar-refractivity contribution in [2.24, 2.45) is 0 Å². The molecule has 10 heteroatoms. The van der Waals surface area contributed by atoms with Crippen LogP contribution in [0.1, 0.15) is 43.8 Å². The molecule has 1 aliphatic heterocycles. The predicted octanol–water partition coefficient (Wildman–Crippen LogP) is 2.36. The van der Waals surface area contributed by atoms with Gasteiger partial charge >= 0.3 is 0 Å². The number of fused-ring (bicyclic) bond motifs is 3. The van der Waals surface area contributed by atoms with Crippen molar-refractivity contribution in [3.8, 4) is 5.75 Å². The molecule has 1 saturated carbocycles. The molecule has 0 radical (unpaired) electrons. The Bertz CT molecular complexity index is 1320. The second-order valence-electron chi connectivity index (χ2n) is 9.29. The highest BCUT2D eigenvalue weighted by Gasteiger charge is 2.35. The number of nitrogen functional groups attached to an aromatic ring is 1. The van der Waals surface area contributed by atoms with Gasteiger partial charge in [-0.2, -0.15) is 9.61 Å². The first-order valence-electron chi connectivity index (χ1n) is 11.5. The Labute approximate surface area is 191 Å². The van der Waals surface area contributed by atoms with E-state index in [1.807, 2.05) is 35.3 Å². The first-order valence-corrected chi connectivity index (χ1v) is 11.5. The minimum absolute atomic E-state index is 0.179. The fraction of sp³-hybridized carbons (Fsp3) is 0.478. The van der Waals surface area contributed by atoms with Crippen molar-refractivity contribution >= 4 is 28.2 Å². The van der Waals surface area contributed by atoms with Crippen molar-refractivity contribution in [1.82, 2.24) is 29.4 Å². The van der Waals surface area contributed by atoms with Crippen molar-refractivity contribution in [3.05, 3.63) is 36.4 Å². The van der Waals surface area contributed by atoms with Gasteiger partial charge < -0.3 is 20.5 Å². The maximum Gasteiger partial charge on any atom is 0.223 e. The average molecular weight is 449 g/mol. The van der Waals surface area contributed by atoms with Crippen molar-refractivity contribution in [2.45, 2.75) is 50.2 Å². The summed E-state index contributed by atoms with van der Waals surface area (Å²) in [6.45, 7) is 2.33. The molecule has 2 fully saturated rings. The number of aromatic nitrogens is 6. The molecule has 10 nitrogen and oxygen atoms in total. The lowest BCUT2D eigenvalue weighted by atomic mass is 9.80. The van der Waals surface area contributed by atoms with Crippen LogP contribution in [0.5, 0.6) is 5.75 Å².